The zero-order valence-corrected chi connectivity index (χ0v) is 13.1. The molecule has 0 saturated carbocycles. The van der Waals surface area contributed by atoms with Gasteiger partial charge in [-0.2, -0.15) is 0 Å². The van der Waals surface area contributed by atoms with Crippen LogP contribution in [0.1, 0.15) is 32.3 Å². The lowest BCUT2D eigenvalue weighted by Gasteiger charge is -2.28. The van der Waals surface area contributed by atoms with Crippen molar-refractivity contribution in [3.8, 4) is 5.75 Å². The number of carbonyl (C=O) groups is 1. The van der Waals surface area contributed by atoms with Gasteiger partial charge in [-0.05, 0) is 36.6 Å². The van der Waals surface area contributed by atoms with Crippen LogP contribution in [0.2, 0.25) is 0 Å². The molecule has 1 aromatic carbocycles. The van der Waals surface area contributed by atoms with E-state index < -0.39 is 11.5 Å². The van der Waals surface area contributed by atoms with Gasteiger partial charge in [0.05, 0.1) is 7.11 Å². The summed E-state index contributed by atoms with van der Waals surface area (Å²) in [6.45, 7) is 4.24. The van der Waals surface area contributed by atoms with Crippen molar-refractivity contribution in [1.29, 1.82) is 0 Å². The molecule has 0 unspecified atom stereocenters. The lowest BCUT2D eigenvalue weighted by molar-refractivity contribution is -0.145. The fourth-order valence-electron chi connectivity index (χ4n) is 1.96. The summed E-state index contributed by atoms with van der Waals surface area (Å²) in [6.07, 6.45) is 1.08. The Balaban J connectivity index is 2.88. The molecule has 0 atom stereocenters. The van der Waals surface area contributed by atoms with E-state index in [4.69, 9.17) is 4.74 Å². The van der Waals surface area contributed by atoms with Gasteiger partial charge < -0.3 is 9.84 Å². The van der Waals surface area contributed by atoms with E-state index in [-0.39, 0.29) is 0 Å². The fraction of sp³-hybridized carbons (Fsp3) is 0.500. The highest BCUT2D eigenvalue weighted by Gasteiger charge is 2.34. The number of hydrogen-bond acceptors (Lipinski definition) is 3. The van der Waals surface area contributed by atoms with Crippen LogP contribution in [0, 0.1) is 0 Å². The van der Waals surface area contributed by atoms with Crippen LogP contribution in [0.3, 0.4) is 0 Å². The average Bonchev–Trinajstić information content (AvgIpc) is 2.42. The highest BCUT2D eigenvalue weighted by atomic mass is 79.9. The summed E-state index contributed by atoms with van der Waals surface area (Å²) in [5, 5.41) is 12.5. The Kier molecular flexibility index (Phi) is 5.82. The monoisotopic (exact) mass is 329 g/mol. The molecule has 0 bridgehead atoms. The van der Waals surface area contributed by atoms with E-state index in [0.717, 1.165) is 15.8 Å². The molecule has 0 saturated heterocycles. The largest absolute Gasteiger partial charge is 0.497 e. The highest BCUT2D eigenvalue weighted by molar-refractivity contribution is 9.10. The summed E-state index contributed by atoms with van der Waals surface area (Å²) in [5.41, 5.74) is 0.106. The first kappa shape index (κ1) is 16.0. The van der Waals surface area contributed by atoms with Crippen LogP contribution in [0.4, 0.5) is 0 Å². The van der Waals surface area contributed by atoms with Crippen LogP contribution in [0.15, 0.2) is 22.7 Å². The van der Waals surface area contributed by atoms with Crippen LogP contribution >= 0.6 is 15.9 Å². The molecule has 1 aromatic rings. The van der Waals surface area contributed by atoms with E-state index in [2.05, 4.69) is 21.2 Å². The van der Waals surface area contributed by atoms with Crippen LogP contribution < -0.4 is 10.1 Å². The predicted molar refractivity (Wildman–Crippen MR) is 78.5 cm³/mol. The second-order valence-corrected chi connectivity index (χ2v) is 5.26. The van der Waals surface area contributed by atoms with Crippen molar-refractivity contribution in [3.63, 3.8) is 0 Å². The Morgan fingerprint density at radius 1 is 1.42 bits per heavy atom. The second-order valence-electron chi connectivity index (χ2n) is 4.41. The number of nitrogens with one attached hydrogen (secondary N) is 1. The van der Waals surface area contributed by atoms with Gasteiger partial charge in [0.25, 0.3) is 0 Å². The number of benzene rings is 1. The minimum atomic E-state index is -0.873. The molecule has 0 aliphatic heterocycles. The first-order valence-electron chi connectivity index (χ1n) is 6.30. The molecule has 0 heterocycles. The van der Waals surface area contributed by atoms with E-state index in [1.54, 1.807) is 7.11 Å². The summed E-state index contributed by atoms with van der Waals surface area (Å²) in [4.78, 5) is 11.4. The minimum absolute atomic E-state index is 0.478. The molecule has 0 aliphatic carbocycles. The standard InChI is InChI=1S/C14H20BrNO3/c1-4-14(5-2,13(17)18)16-9-10-8-11(19-3)6-7-12(10)15/h6-8,16H,4-5,9H2,1-3H3,(H,17,18). The molecule has 0 amide bonds. The maximum absolute atomic E-state index is 11.4. The number of carboxylic acids is 1. The van der Waals surface area contributed by atoms with Gasteiger partial charge in [-0.15, -0.1) is 0 Å². The normalized spacial score (nSPS) is 11.4. The summed E-state index contributed by atoms with van der Waals surface area (Å²) < 4.78 is 6.11. The van der Waals surface area contributed by atoms with Crippen LogP contribution in [-0.2, 0) is 11.3 Å². The summed E-state index contributed by atoms with van der Waals surface area (Å²) >= 11 is 3.47. The number of rotatable bonds is 7. The number of halogens is 1. The quantitative estimate of drug-likeness (QED) is 0.806. The van der Waals surface area contributed by atoms with Gasteiger partial charge in [-0.3, -0.25) is 10.1 Å². The number of carboxylic acid groups (broad SMARTS) is 1. The zero-order chi connectivity index (χ0) is 14.5. The first-order chi connectivity index (χ1) is 8.99. The molecule has 106 valence electrons. The molecular weight excluding hydrogens is 310 g/mol. The minimum Gasteiger partial charge on any atom is -0.497 e. The van der Waals surface area contributed by atoms with Crippen molar-refractivity contribution in [2.24, 2.45) is 0 Å². The van der Waals surface area contributed by atoms with Gasteiger partial charge in [-0.25, -0.2) is 0 Å². The van der Waals surface area contributed by atoms with Gasteiger partial charge in [0.2, 0.25) is 0 Å². The number of aliphatic carboxylic acids is 1. The number of methoxy groups -OCH3 is 1. The maximum Gasteiger partial charge on any atom is 0.323 e. The molecular formula is C14H20BrNO3. The van der Waals surface area contributed by atoms with Gasteiger partial charge >= 0.3 is 5.97 Å². The Morgan fingerprint density at radius 2 is 2.05 bits per heavy atom. The number of hydrogen-bond donors (Lipinski definition) is 2. The van der Waals surface area contributed by atoms with E-state index in [1.807, 2.05) is 32.0 Å². The SMILES string of the molecule is CCC(CC)(NCc1cc(OC)ccc1Br)C(=O)O. The Labute approximate surface area is 122 Å². The third-order valence-corrected chi connectivity index (χ3v) is 4.26. The molecule has 0 aromatic heterocycles. The first-order valence-corrected chi connectivity index (χ1v) is 7.09. The zero-order valence-electron chi connectivity index (χ0n) is 11.5. The molecule has 4 nitrogen and oxygen atoms in total. The van der Waals surface area contributed by atoms with Gasteiger partial charge in [0.1, 0.15) is 11.3 Å². The average molecular weight is 330 g/mol. The number of ether oxygens (including phenoxy) is 1. The van der Waals surface area contributed by atoms with E-state index >= 15 is 0 Å². The molecule has 2 N–H and O–H groups in total. The molecule has 0 fully saturated rings. The Morgan fingerprint density at radius 3 is 2.53 bits per heavy atom. The third kappa shape index (κ3) is 3.70. The topological polar surface area (TPSA) is 58.6 Å². The van der Waals surface area contributed by atoms with Crippen molar-refractivity contribution >= 4 is 21.9 Å². The van der Waals surface area contributed by atoms with Gasteiger partial charge in [0.15, 0.2) is 0 Å². The third-order valence-electron chi connectivity index (χ3n) is 3.49. The molecule has 19 heavy (non-hydrogen) atoms. The molecule has 0 spiro atoms. The van der Waals surface area contributed by atoms with Gasteiger partial charge in [0, 0.05) is 11.0 Å². The Hall–Kier alpha value is -1.07. The van der Waals surface area contributed by atoms with Crippen LogP contribution in [-0.4, -0.2) is 23.7 Å². The fourth-order valence-corrected chi connectivity index (χ4v) is 2.34. The molecule has 0 radical (unpaired) electrons. The summed E-state index contributed by atoms with van der Waals surface area (Å²) in [6, 6.07) is 5.66. The maximum atomic E-state index is 11.4. The smallest absolute Gasteiger partial charge is 0.323 e. The van der Waals surface area contributed by atoms with Crippen molar-refractivity contribution < 1.29 is 14.6 Å². The molecule has 1 rings (SSSR count). The van der Waals surface area contributed by atoms with Gasteiger partial charge in [-0.1, -0.05) is 29.8 Å². The predicted octanol–water partition coefficient (Wildman–Crippen LogP) is 3.19. The summed E-state index contributed by atoms with van der Waals surface area (Å²) in [5.74, 6) is -0.0505. The lowest BCUT2D eigenvalue weighted by atomic mass is 9.92. The van der Waals surface area contributed by atoms with Crippen molar-refractivity contribution in [2.45, 2.75) is 38.8 Å². The van der Waals surface area contributed by atoms with Crippen molar-refractivity contribution in [1.82, 2.24) is 5.32 Å². The highest BCUT2D eigenvalue weighted by Crippen LogP contribution is 2.24. The van der Waals surface area contributed by atoms with Crippen molar-refractivity contribution in [2.75, 3.05) is 7.11 Å². The van der Waals surface area contributed by atoms with E-state index in [1.165, 1.54) is 0 Å². The Bertz CT molecular complexity index is 444. The summed E-state index contributed by atoms with van der Waals surface area (Å²) in [7, 11) is 1.61. The second kappa shape index (κ2) is 6.91. The lowest BCUT2D eigenvalue weighted by Crippen LogP contribution is -2.50. The van der Waals surface area contributed by atoms with Crippen molar-refractivity contribution in [3.05, 3.63) is 28.2 Å². The molecule has 5 heteroatoms. The van der Waals surface area contributed by atoms with E-state index in [0.29, 0.717) is 19.4 Å². The van der Waals surface area contributed by atoms with Crippen LogP contribution in [0.5, 0.6) is 5.75 Å². The van der Waals surface area contributed by atoms with Crippen LogP contribution in [0.25, 0.3) is 0 Å². The van der Waals surface area contributed by atoms with E-state index in [9.17, 15) is 9.90 Å². The molecule has 0 aliphatic rings.